The van der Waals surface area contributed by atoms with Gasteiger partial charge < -0.3 is 10.2 Å². The van der Waals surface area contributed by atoms with Gasteiger partial charge in [0.2, 0.25) is 21.8 Å². The molecule has 0 fully saturated rings. The molecule has 7 nitrogen and oxygen atoms in total. The average molecular weight is 488 g/mol. The Morgan fingerprint density at radius 3 is 2.26 bits per heavy atom. The fourth-order valence-electron chi connectivity index (χ4n) is 3.60. The number of anilines is 1. The van der Waals surface area contributed by atoms with E-state index in [1.807, 2.05) is 69.3 Å². The Bertz CT molecular complexity index is 1050. The second kappa shape index (κ2) is 12.6. The van der Waals surface area contributed by atoms with Gasteiger partial charge in [0.1, 0.15) is 6.04 Å². The molecule has 0 radical (unpaired) electrons. The van der Waals surface area contributed by atoms with Gasteiger partial charge >= 0.3 is 0 Å². The third-order valence-corrected chi connectivity index (χ3v) is 6.68. The van der Waals surface area contributed by atoms with Gasteiger partial charge in [0.15, 0.2) is 0 Å². The minimum atomic E-state index is -3.50. The Balaban J connectivity index is 2.13. The number of nitrogens with one attached hydrogen (secondary N) is 1. The molecule has 2 aromatic rings. The van der Waals surface area contributed by atoms with E-state index < -0.39 is 16.1 Å². The molecule has 0 spiro atoms. The van der Waals surface area contributed by atoms with E-state index in [1.54, 1.807) is 17.9 Å². The SMILES string of the molecule is Cc1cccc(N(CCCC(=O)N(Cc2ccccc2)[C@@H](C)C(=O)NCC(C)C)S(C)(=O)=O)c1. The molecule has 0 aliphatic heterocycles. The summed E-state index contributed by atoms with van der Waals surface area (Å²) in [6.07, 6.45) is 1.64. The summed E-state index contributed by atoms with van der Waals surface area (Å²) in [7, 11) is -3.50. The maximum atomic E-state index is 13.2. The van der Waals surface area contributed by atoms with Crippen LogP contribution in [0.15, 0.2) is 54.6 Å². The lowest BCUT2D eigenvalue weighted by Gasteiger charge is -2.29. The monoisotopic (exact) mass is 487 g/mol. The summed E-state index contributed by atoms with van der Waals surface area (Å²) in [4.78, 5) is 27.5. The molecule has 34 heavy (non-hydrogen) atoms. The van der Waals surface area contributed by atoms with Crippen LogP contribution in [0.5, 0.6) is 0 Å². The number of carbonyl (C=O) groups excluding carboxylic acids is 2. The summed E-state index contributed by atoms with van der Waals surface area (Å²) in [6.45, 7) is 8.69. The number of sulfonamides is 1. The lowest BCUT2D eigenvalue weighted by atomic mass is 10.1. The van der Waals surface area contributed by atoms with Crippen LogP contribution < -0.4 is 9.62 Å². The molecule has 0 saturated heterocycles. The second-order valence-corrected chi connectivity index (χ2v) is 11.0. The molecule has 0 saturated carbocycles. The summed E-state index contributed by atoms with van der Waals surface area (Å²) < 4.78 is 26.1. The van der Waals surface area contributed by atoms with Gasteiger partial charge in [0.05, 0.1) is 11.9 Å². The van der Waals surface area contributed by atoms with Crippen molar-refractivity contribution >= 4 is 27.5 Å². The molecule has 0 bridgehead atoms. The predicted molar refractivity (Wildman–Crippen MR) is 137 cm³/mol. The Kier molecular flexibility index (Phi) is 10.1. The smallest absolute Gasteiger partial charge is 0.242 e. The minimum Gasteiger partial charge on any atom is -0.354 e. The molecular formula is C26H37N3O4S. The van der Waals surface area contributed by atoms with E-state index >= 15 is 0 Å². The highest BCUT2D eigenvalue weighted by atomic mass is 32.2. The zero-order valence-electron chi connectivity index (χ0n) is 20.8. The van der Waals surface area contributed by atoms with E-state index in [-0.39, 0.29) is 24.8 Å². The zero-order chi connectivity index (χ0) is 25.3. The molecule has 186 valence electrons. The molecule has 8 heteroatoms. The van der Waals surface area contributed by atoms with E-state index in [9.17, 15) is 18.0 Å². The predicted octanol–water partition coefficient (Wildman–Crippen LogP) is 3.73. The molecule has 0 aromatic heterocycles. The van der Waals surface area contributed by atoms with Crippen molar-refractivity contribution in [2.45, 2.75) is 53.1 Å². The summed E-state index contributed by atoms with van der Waals surface area (Å²) >= 11 is 0. The van der Waals surface area contributed by atoms with Crippen molar-refractivity contribution in [3.05, 3.63) is 65.7 Å². The van der Waals surface area contributed by atoms with Gasteiger partial charge in [-0.1, -0.05) is 56.3 Å². The Hall–Kier alpha value is -2.87. The summed E-state index contributed by atoms with van der Waals surface area (Å²) in [5.74, 6) is -0.0812. The van der Waals surface area contributed by atoms with Gasteiger partial charge in [-0.3, -0.25) is 13.9 Å². The van der Waals surface area contributed by atoms with Gasteiger partial charge in [-0.15, -0.1) is 0 Å². The molecule has 0 unspecified atom stereocenters. The van der Waals surface area contributed by atoms with E-state index in [1.165, 1.54) is 10.6 Å². The van der Waals surface area contributed by atoms with Crippen molar-refractivity contribution in [3.8, 4) is 0 Å². The van der Waals surface area contributed by atoms with E-state index in [2.05, 4.69) is 5.32 Å². The molecular weight excluding hydrogens is 450 g/mol. The van der Waals surface area contributed by atoms with Crippen molar-refractivity contribution < 1.29 is 18.0 Å². The van der Waals surface area contributed by atoms with Crippen LogP contribution in [0.3, 0.4) is 0 Å². The Morgan fingerprint density at radius 2 is 1.68 bits per heavy atom. The number of benzene rings is 2. The van der Waals surface area contributed by atoms with Crippen LogP contribution in [0, 0.1) is 12.8 Å². The molecule has 0 aliphatic carbocycles. The van der Waals surface area contributed by atoms with Crippen LogP contribution in [0.2, 0.25) is 0 Å². The highest BCUT2D eigenvalue weighted by Gasteiger charge is 2.26. The molecule has 2 amide bonds. The fourth-order valence-corrected chi connectivity index (χ4v) is 4.56. The van der Waals surface area contributed by atoms with Gasteiger partial charge in [-0.25, -0.2) is 8.42 Å². The van der Waals surface area contributed by atoms with Crippen LogP contribution in [-0.4, -0.2) is 50.5 Å². The molecule has 2 rings (SSSR count). The van der Waals surface area contributed by atoms with Gasteiger partial charge in [0, 0.05) is 26.1 Å². The number of nitrogens with zero attached hydrogens (tertiary/aromatic N) is 2. The van der Waals surface area contributed by atoms with E-state index in [4.69, 9.17) is 0 Å². The number of hydrogen-bond donors (Lipinski definition) is 1. The topological polar surface area (TPSA) is 86.8 Å². The fraction of sp³-hybridized carbons (Fsp3) is 0.462. The first-order chi connectivity index (χ1) is 16.0. The summed E-state index contributed by atoms with van der Waals surface area (Å²) in [6, 6.07) is 16.2. The largest absolute Gasteiger partial charge is 0.354 e. The third-order valence-electron chi connectivity index (χ3n) is 5.49. The first kappa shape index (κ1) is 27.4. The van der Waals surface area contributed by atoms with Crippen molar-refractivity contribution in [2.75, 3.05) is 23.7 Å². The van der Waals surface area contributed by atoms with Gasteiger partial charge in [0.25, 0.3) is 0 Å². The van der Waals surface area contributed by atoms with Crippen LogP contribution in [-0.2, 0) is 26.2 Å². The highest BCUT2D eigenvalue weighted by molar-refractivity contribution is 7.92. The second-order valence-electron chi connectivity index (χ2n) is 9.10. The van der Waals surface area contributed by atoms with Crippen LogP contribution >= 0.6 is 0 Å². The van der Waals surface area contributed by atoms with Gasteiger partial charge in [-0.05, 0) is 49.4 Å². The number of rotatable bonds is 12. The lowest BCUT2D eigenvalue weighted by molar-refractivity contribution is -0.140. The van der Waals surface area contributed by atoms with Crippen molar-refractivity contribution in [3.63, 3.8) is 0 Å². The first-order valence-corrected chi connectivity index (χ1v) is 13.5. The van der Waals surface area contributed by atoms with Crippen LogP contribution in [0.4, 0.5) is 5.69 Å². The average Bonchev–Trinajstić information content (AvgIpc) is 2.77. The standard InChI is InChI=1S/C26H37N3O4S/c1-20(2)18-27-26(31)22(4)28(19-23-12-7-6-8-13-23)25(30)15-10-16-29(34(5,32)33)24-14-9-11-21(3)17-24/h6-9,11-14,17,20,22H,10,15-16,18-19H2,1-5H3,(H,27,31)/t22-/m0/s1. The maximum Gasteiger partial charge on any atom is 0.242 e. The van der Waals surface area contributed by atoms with Crippen molar-refractivity contribution in [1.82, 2.24) is 10.2 Å². The van der Waals surface area contributed by atoms with Crippen molar-refractivity contribution in [2.24, 2.45) is 5.92 Å². The van der Waals surface area contributed by atoms with Crippen LogP contribution in [0.25, 0.3) is 0 Å². The van der Waals surface area contributed by atoms with Crippen molar-refractivity contribution in [1.29, 1.82) is 0 Å². The van der Waals surface area contributed by atoms with Crippen LogP contribution in [0.1, 0.15) is 44.7 Å². The Morgan fingerprint density at radius 1 is 1.00 bits per heavy atom. The number of amides is 2. The van der Waals surface area contributed by atoms with E-state index in [0.717, 1.165) is 11.1 Å². The third kappa shape index (κ3) is 8.48. The molecule has 0 heterocycles. The maximum absolute atomic E-state index is 13.2. The zero-order valence-corrected chi connectivity index (χ0v) is 21.6. The van der Waals surface area contributed by atoms with Gasteiger partial charge in [-0.2, -0.15) is 0 Å². The number of carbonyl (C=O) groups is 2. The molecule has 1 atom stereocenters. The molecule has 0 aliphatic rings. The highest BCUT2D eigenvalue weighted by Crippen LogP contribution is 2.20. The summed E-state index contributed by atoms with van der Waals surface area (Å²) in [5.41, 5.74) is 2.46. The Labute approximate surface area is 204 Å². The number of hydrogen-bond acceptors (Lipinski definition) is 4. The first-order valence-electron chi connectivity index (χ1n) is 11.6. The van der Waals surface area contributed by atoms with E-state index in [0.29, 0.717) is 31.1 Å². The number of aryl methyl sites for hydroxylation is 1. The lowest BCUT2D eigenvalue weighted by Crippen LogP contribution is -2.48. The molecule has 2 aromatic carbocycles. The molecule has 1 N–H and O–H groups in total. The summed E-state index contributed by atoms with van der Waals surface area (Å²) in [5, 5.41) is 2.90. The quantitative estimate of drug-likeness (QED) is 0.494. The normalized spacial score (nSPS) is 12.3. The minimum absolute atomic E-state index is 0.131.